The van der Waals surface area contributed by atoms with Crippen LogP contribution in [0.15, 0.2) is 48.8 Å². The molecule has 1 N–H and O–H groups in total. The van der Waals surface area contributed by atoms with Crippen LogP contribution >= 0.6 is 0 Å². The molecule has 21 heavy (non-hydrogen) atoms. The van der Waals surface area contributed by atoms with E-state index in [1.54, 1.807) is 18.5 Å². The average Bonchev–Trinajstić information content (AvgIpc) is 3.02. The highest BCUT2D eigenvalue weighted by atomic mass is 19.1. The fourth-order valence-corrected chi connectivity index (χ4v) is 2.05. The fourth-order valence-electron chi connectivity index (χ4n) is 2.05. The third-order valence-electron chi connectivity index (χ3n) is 3.17. The number of rotatable bonds is 4. The summed E-state index contributed by atoms with van der Waals surface area (Å²) in [6.45, 7) is 2.38. The van der Waals surface area contributed by atoms with E-state index in [9.17, 15) is 4.39 Å². The van der Waals surface area contributed by atoms with Crippen LogP contribution in [0.1, 0.15) is 11.1 Å². The maximum atomic E-state index is 12.8. The highest BCUT2D eigenvalue weighted by Crippen LogP contribution is 2.24. The minimum Gasteiger partial charge on any atom is -0.489 e. The maximum absolute atomic E-state index is 12.8. The van der Waals surface area contributed by atoms with E-state index in [0.29, 0.717) is 6.61 Å². The molecule has 0 unspecified atom stereocenters. The number of hydrogen-bond acceptors (Lipinski definition) is 3. The molecule has 0 spiro atoms. The number of ether oxygens (including phenoxy) is 1. The number of aryl methyl sites for hydroxylation is 1. The van der Waals surface area contributed by atoms with Crippen molar-refractivity contribution in [1.29, 1.82) is 0 Å². The first-order valence-electron chi connectivity index (χ1n) is 6.57. The van der Waals surface area contributed by atoms with Gasteiger partial charge in [-0.3, -0.25) is 0 Å². The van der Waals surface area contributed by atoms with Crippen molar-refractivity contribution in [2.75, 3.05) is 0 Å². The zero-order chi connectivity index (χ0) is 14.7. The molecule has 0 atom stereocenters. The van der Waals surface area contributed by atoms with E-state index < -0.39 is 0 Å². The molecule has 0 fully saturated rings. The summed E-state index contributed by atoms with van der Waals surface area (Å²) in [6.07, 6.45) is 1.55. The number of nitrogens with zero attached hydrogens (tertiary/aromatic N) is 2. The molecular formula is C16H14FN3O. The van der Waals surface area contributed by atoms with Crippen LogP contribution in [0.4, 0.5) is 4.39 Å². The predicted molar refractivity (Wildman–Crippen MR) is 77.3 cm³/mol. The number of hydrogen-bond donors (Lipinski definition) is 1. The molecule has 4 nitrogen and oxygen atoms in total. The number of halogens is 1. The topological polar surface area (TPSA) is 50.8 Å². The maximum Gasteiger partial charge on any atom is 0.161 e. The van der Waals surface area contributed by atoms with E-state index in [2.05, 4.69) is 15.2 Å². The first kappa shape index (κ1) is 13.3. The largest absolute Gasteiger partial charge is 0.489 e. The first-order chi connectivity index (χ1) is 10.2. The molecule has 3 rings (SSSR count). The molecule has 5 heteroatoms. The van der Waals surface area contributed by atoms with Crippen molar-refractivity contribution in [2.45, 2.75) is 13.5 Å². The molecule has 0 aliphatic heterocycles. The molecule has 0 radical (unpaired) electrons. The van der Waals surface area contributed by atoms with Gasteiger partial charge < -0.3 is 9.72 Å². The lowest BCUT2D eigenvalue weighted by atomic mass is 10.1. The van der Waals surface area contributed by atoms with Gasteiger partial charge in [-0.05, 0) is 48.4 Å². The summed E-state index contributed by atoms with van der Waals surface area (Å²) >= 11 is 0. The minimum atomic E-state index is -0.244. The lowest BCUT2D eigenvalue weighted by Gasteiger charge is -2.10. The van der Waals surface area contributed by atoms with Gasteiger partial charge in [0.1, 0.15) is 24.5 Å². The van der Waals surface area contributed by atoms with Gasteiger partial charge in [0.15, 0.2) is 5.82 Å². The molecule has 0 bridgehead atoms. The van der Waals surface area contributed by atoms with E-state index in [1.165, 1.54) is 12.1 Å². The van der Waals surface area contributed by atoms with Gasteiger partial charge in [-0.1, -0.05) is 12.1 Å². The SMILES string of the molecule is Cc1cc(-c2nnc[nH]2)ccc1OCc1ccc(F)cc1. The number of aromatic amines is 1. The van der Waals surface area contributed by atoms with Crippen LogP contribution in [0.2, 0.25) is 0 Å². The van der Waals surface area contributed by atoms with Gasteiger partial charge in [0, 0.05) is 5.56 Å². The van der Waals surface area contributed by atoms with Gasteiger partial charge in [-0.25, -0.2) is 4.39 Å². The van der Waals surface area contributed by atoms with E-state index in [-0.39, 0.29) is 5.82 Å². The van der Waals surface area contributed by atoms with Crippen molar-refractivity contribution in [3.05, 3.63) is 65.7 Å². The summed E-state index contributed by atoms with van der Waals surface area (Å²) in [5, 5.41) is 7.74. The standard InChI is InChI=1S/C16H14FN3O/c1-11-8-13(16-18-10-19-20-16)4-7-15(11)21-9-12-2-5-14(17)6-3-12/h2-8,10H,9H2,1H3,(H,18,19,20). The van der Waals surface area contributed by atoms with Crippen molar-refractivity contribution in [2.24, 2.45) is 0 Å². The summed E-state index contributed by atoms with van der Waals surface area (Å²) in [6, 6.07) is 12.1. The lowest BCUT2D eigenvalue weighted by molar-refractivity contribution is 0.304. The summed E-state index contributed by atoms with van der Waals surface area (Å²) < 4.78 is 18.6. The second kappa shape index (κ2) is 5.75. The molecule has 0 amide bonds. The Morgan fingerprint density at radius 1 is 1.14 bits per heavy atom. The van der Waals surface area contributed by atoms with Gasteiger partial charge >= 0.3 is 0 Å². The van der Waals surface area contributed by atoms with E-state index >= 15 is 0 Å². The Labute approximate surface area is 121 Å². The van der Waals surface area contributed by atoms with Gasteiger partial charge in [-0.2, -0.15) is 0 Å². The summed E-state index contributed by atoms with van der Waals surface area (Å²) in [5.41, 5.74) is 2.89. The van der Waals surface area contributed by atoms with Crippen molar-refractivity contribution in [3.63, 3.8) is 0 Å². The van der Waals surface area contributed by atoms with Crippen LogP contribution < -0.4 is 4.74 Å². The van der Waals surface area contributed by atoms with Crippen molar-refractivity contribution >= 4 is 0 Å². The molecule has 0 aliphatic rings. The van der Waals surface area contributed by atoms with E-state index in [1.807, 2.05) is 25.1 Å². The summed E-state index contributed by atoms with van der Waals surface area (Å²) in [5.74, 6) is 1.28. The Balaban J connectivity index is 1.73. The first-order valence-corrected chi connectivity index (χ1v) is 6.57. The Morgan fingerprint density at radius 3 is 2.62 bits per heavy atom. The number of H-pyrrole nitrogens is 1. The van der Waals surface area contributed by atoms with Crippen molar-refractivity contribution < 1.29 is 9.13 Å². The van der Waals surface area contributed by atoms with Gasteiger partial charge in [0.2, 0.25) is 0 Å². The molecule has 1 heterocycles. The summed E-state index contributed by atoms with van der Waals surface area (Å²) in [7, 11) is 0. The predicted octanol–water partition coefficient (Wildman–Crippen LogP) is 3.50. The minimum absolute atomic E-state index is 0.244. The van der Waals surface area contributed by atoms with Crippen molar-refractivity contribution in [3.8, 4) is 17.1 Å². The highest BCUT2D eigenvalue weighted by molar-refractivity contribution is 5.58. The third-order valence-corrected chi connectivity index (χ3v) is 3.17. The van der Waals surface area contributed by atoms with Crippen LogP contribution in [-0.4, -0.2) is 15.2 Å². The van der Waals surface area contributed by atoms with Crippen LogP contribution in [0.3, 0.4) is 0 Å². The Bertz CT molecular complexity index is 724. The van der Waals surface area contributed by atoms with Gasteiger partial charge in [-0.15, -0.1) is 10.2 Å². The zero-order valence-corrected chi connectivity index (χ0v) is 11.5. The second-order valence-electron chi connectivity index (χ2n) is 4.73. The van der Waals surface area contributed by atoms with Gasteiger partial charge in [0.05, 0.1) is 0 Å². The van der Waals surface area contributed by atoms with Crippen LogP contribution in [0.25, 0.3) is 11.4 Å². The monoisotopic (exact) mass is 283 g/mol. The lowest BCUT2D eigenvalue weighted by Crippen LogP contribution is -1.97. The zero-order valence-electron chi connectivity index (χ0n) is 11.5. The average molecular weight is 283 g/mol. The third kappa shape index (κ3) is 3.08. The van der Waals surface area contributed by atoms with Crippen molar-refractivity contribution in [1.82, 2.24) is 15.2 Å². The second-order valence-corrected chi connectivity index (χ2v) is 4.73. The van der Waals surface area contributed by atoms with E-state index in [0.717, 1.165) is 28.3 Å². The number of benzene rings is 2. The van der Waals surface area contributed by atoms with E-state index in [4.69, 9.17) is 4.74 Å². The Morgan fingerprint density at radius 2 is 1.95 bits per heavy atom. The molecule has 3 aromatic rings. The molecule has 0 saturated heterocycles. The smallest absolute Gasteiger partial charge is 0.161 e. The molecule has 106 valence electrons. The van der Waals surface area contributed by atoms with Crippen LogP contribution in [0, 0.1) is 12.7 Å². The Hall–Kier alpha value is -2.69. The normalized spacial score (nSPS) is 10.6. The van der Waals surface area contributed by atoms with Crippen LogP contribution in [0.5, 0.6) is 5.75 Å². The fraction of sp³-hybridized carbons (Fsp3) is 0.125. The molecule has 1 aromatic heterocycles. The molecule has 0 saturated carbocycles. The quantitative estimate of drug-likeness (QED) is 0.797. The molecular weight excluding hydrogens is 269 g/mol. The highest BCUT2D eigenvalue weighted by Gasteiger charge is 2.05. The Kier molecular flexibility index (Phi) is 3.64. The number of nitrogens with one attached hydrogen (secondary N) is 1. The summed E-state index contributed by atoms with van der Waals surface area (Å²) in [4.78, 5) is 2.96. The molecule has 2 aromatic carbocycles. The van der Waals surface area contributed by atoms with Crippen LogP contribution in [-0.2, 0) is 6.61 Å². The number of aromatic nitrogens is 3. The molecule has 0 aliphatic carbocycles. The van der Waals surface area contributed by atoms with Gasteiger partial charge in [0.25, 0.3) is 0 Å².